The minimum absolute atomic E-state index is 0.0120. The van der Waals surface area contributed by atoms with Crippen molar-refractivity contribution >= 4 is 5.78 Å². The lowest BCUT2D eigenvalue weighted by atomic mass is 9.89. The standard InChI is InChI=1S/C22H31N3O3/c1-5-10-25-16(2)18(13-23-25)15-24-11-6-7-17(14-24)22(26)20-9-8-19(27-3)12-21(20)28-4/h8-9,12-13,17H,5-7,10-11,14-15H2,1-4H3/t17-/m0/s1. The first-order valence-electron chi connectivity index (χ1n) is 10.1. The van der Waals surface area contributed by atoms with Crippen molar-refractivity contribution in [2.75, 3.05) is 27.3 Å². The highest BCUT2D eigenvalue weighted by molar-refractivity contribution is 6.00. The summed E-state index contributed by atoms with van der Waals surface area (Å²) in [5.41, 5.74) is 3.12. The van der Waals surface area contributed by atoms with Crippen LogP contribution < -0.4 is 9.47 Å². The molecule has 3 rings (SSSR count). The number of methoxy groups -OCH3 is 2. The zero-order valence-corrected chi connectivity index (χ0v) is 17.4. The third-order valence-electron chi connectivity index (χ3n) is 5.58. The van der Waals surface area contributed by atoms with E-state index in [1.807, 2.05) is 18.3 Å². The van der Waals surface area contributed by atoms with Crippen molar-refractivity contribution in [3.05, 3.63) is 41.2 Å². The number of carbonyl (C=O) groups is 1. The molecule has 0 saturated carbocycles. The molecule has 152 valence electrons. The molecule has 1 aromatic carbocycles. The van der Waals surface area contributed by atoms with Gasteiger partial charge >= 0.3 is 0 Å². The maximum absolute atomic E-state index is 13.2. The highest BCUT2D eigenvalue weighted by atomic mass is 16.5. The number of Topliss-reactive ketones (excluding diaryl/α,β-unsaturated/α-hetero) is 1. The molecule has 0 spiro atoms. The second-order valence-electron chi connectivity index (χ2n) is 7.48. The van der Waals surface area contributed by atoms with Gasteiger partial charge in [0, 0.05) is 42.9 Å². The van der Waals surface area contributed by atoms with Crippen LogP contribution in [0.2, 0.25) is 0 Å². The Morgan fingerprint density at radius 2 is 2.11 bits per heavy atom. The van der Waals surface area contributed by atoms with Gasteiger partial charge in [-0.2, -0.15) is 5.10 Å². The summed E-state index contributed by atoms with van der Waals surface area (Å²) < 4.78 is 12.8. The van der Waals surface area contributed by atoms with Crippen molar-refractivity contribution < 1.29 is 14.3 Å². The van der Waals surface area contributed by atoms with E-state index < -0.39 is 0 Å². The number of rotatable bonds is 8. The molecule has 1 atom stereocenters. The van der Waals surface area contributed by atoms with Gasteiger partial charge in [0.05, 0.1) is 26.0 Å². The van der Waals surface area contributed by atoms with Crippen molar-refractivity contribution in [2.45, 2.75) is 46.2 Å². The number of benzene rings is 1. The quantitative estimate of drug-likeness (QED) is 0.649. The van der Waals surface area contributed by atoms with Crippen LogP contribution in [-0.4, -0.2) is 47.8 Å². The van der Waals surface area contributed by atoms with Gasteiger partial charge in [-0.05, 0) is 44.9 Å². The van der Waals surface area contributed by atoms with Crippen LogP contribution in [0, 0.1) is 12.8 Å². The molecule has 6 heteroatoms. The predicted octanol–water partition coefficient (Wildman–Crippen LogP) is 3.71. The number of piperidine rings is 1. The number of aryl methyl sites for hydroxylation is 1. The molecule has 0 aliphatic carbocycles. The summed E-state index contributed by atoms with van der Waals surface area (Å²) in [6.07, 6.45) is 4.99. The summed E-state index contributed by atoms with van der Waals surface area (Å²) in [6.45, 7) is 7.87. The number of hydrogen-bond acceptors (Lipinski definition) is 5. The summed E-state index contributed by atoms with van der Waals surface area (Å²) >= 11 is 0. The molecule has 1 aliphatic heterocycles. The van der Waals surface area contributed by atoms with E-state index >= 15 is 0 Å². The van der Waals surface area contributed by atoms with E-state index in [1.54, 1.807) is 20.3 Å². The average molecular weight is 386 g/mol. The maximum Gasteiger partial charge on any atom is 0.170 e. The van der Waals surface area contributed by atoms with E-state index in [1.165, 1.54) is 11.3 Å². The largest absolute Gasteiger partial charge is 0.497 e. The number of aromatic nitrogens is 2. The molecule has 0 radical (unpaired) electrons. The minimum atomic E-state index is -0.0120. The SMILES string of the molecule is CCCn1ncc(CN2CCC[C@H](C(=O)c3ccc(OC)cc3OC)C2)c1C. The Labute approximate surface area is 167 Å². The summed E-state index contributed by atoms with van der Waals surface area (Å²) in [6, 6.07) is 5.42. The van der Waals surface area contributed by atoms with Gasteiger partial charge < -0.3 is 9.47 Å². The first-order chi connectivity index (χ1) is 13.6. The number of hydrogen-bond donors (Lipinski definition) is 0. The van der Waals surface area contributed by atoms with E-state index in [0.29, 0.717) is 17.1 Å². The molecule has 1 fully saturated rings. The average Bonchev–Trinajstić information content (AvgIpc) is 3.07. The fraction of sp³-hybridized carbons (Fsp3) is 0.545. The van der Waals surface area contributed by atoms with Crippen LogP contribution in [0.15, 0.2) is 24.4 Å². The van der Waals surface area contributed by atoms with Crippen molar-refractivity contribution in [1.82, 2.24) is 14.7 Å². The topological polar surface area (TPSA) is 56.6 Å². The fourth-order valence-electron chi connectivity index (χ4n) is 3.95. The van der Waals surface area contributed by atoms with Crippen LogP contribution >= 0.6 is 0 Å². The Morgan fingerprint density at radius 1 is 1.29 bits per heavy atom. The Bertz CT molecular complexity index is 815. The summed E-state index contributed by atoms with van der Waals surface area (Å²) in [4.78, 5) is 15.5. The molecule has 2 aromatic rings. The van der Waals surface area contributed by atoms with E-state index in [0.717, 1.165) is 45.4 Å². The third-order valence-corrected chi connectivity index (χ3v) is 5.58. The van der Waals surface area contributed by atoms with Crippen molar-refractivity contribution in [3.8, 4) is 11.5 Å². The van der Waals surface area contributed by atoms with Gasteiger partial charge in [-0.1, -0.05) is 6.92 Å². The molecule has 0 amide bonds. The molecule has 2 heterocycles. The zero-order chi connectivity index (χ0) is 20.1. The Balaban J connectivity index is 1.70. The monoisotopic (exact) mass is 385 g/mol. The van der Waals surface area contributed by atoms with Crippen LogP contribution in [0.3, 0.4) is 0 Å². The lowest BCUT2D eigenvalue weighted by molar-refractivity contribution is 0.0808. The molecule has 1 aromatic heterocycles. The number of nitrogens with zero attached hydrogens (tertiary/aromatic N) is 3. The third kappa shape index (κ3) is 4.38. The fourth-order valence-corrected chi connectivity index (χ4v) is 3.95. The Hall–Kier alpha value is -2.34. The van der Waals surface area contributed by atoms with Gasteiger partial charge in [0.1, 0.15) is 11.5 Å². The van der Waals surface area contributed by atoms with Gasteiger partial charge in [0.15, 0.2) is 5.78 Å². The molecule has 0 bridgehead atoms. The highest BCUT2D eigenvalue weighted by Gasteiger charge is 2.29. The number of ether oxygens (including phenoxy) is 2. The van der Waals surface area contributed by atoms with Crippen LogP contribution in [0.5, 0.6) is 11.5 Å². The number of carbonyl (C=O) groups excluding carboxylic acids is 1. The molecular formula is C22H31N3O3. The molecule has 1 aliphatic rings. The lowest BCUT2D eigenvalue weighted by Gasteiger charge is -2.32. The molecule has 0 unspecified atom stereocenters. The van der Waals surface area contributed by atoms with Crippen molar-refractivity contribution in [2.24, 2.45) is 5.92 Å². The van der Waals surface area contributed by atoms with Crippen molar-refractivity contribution in [1.29, 1.82) is 0 Å². The second kappa shape index (κ2) is 9.24. The minimum Gasteiger partial charge on any atom is -0.497 e. The molecule has 6 nitrogen and oxygen atoms in total. The number of ketones is 1. The van der Waals surface area contributed by atoms with Crippen molar-refractivity contribution in [3.63, 3.8) is 0 Å². The van der Waals surface area contributed by atoms with Gasteiger partial charge in [-0.15, -0.1) is 0 Å². The normalized spacial score (nSPS) is 17.5. The van der Waals surface area contributed by atoms with Gasteiger partial charge in [-0.3, -0.25) is 14.4 Å². The van der Waals surface area contributed by atoms with E-state index in [-0.39, 0.29) is 11.7 Å². The highest BCUT2D eigenvalue weighted by Crippen LogP contribution is 2.30. The van der Waals surface area contributed by atoms with Crippen LogP contribution in [0.25, 0.3) is 0 Å². The Kier molecular flexibility index (Phi) is 6.73. The molecular weight excluding hydrogens is 354 g/mol. The first kappa shape index (κ1) is 20.4. The predicted molar refractivity (Wildman–Crippen MR) is 109 cm³/mol. The van der Waals surface area contributed by atoms with Crippen LogP contribution in [0.1, 0.15) is 47.8 Å². The summed E-state index contributed by atoms with van der Waals surface area (Å²) in [5, 5.41) is 4.51. The molecule has 1 saturated heterocycles. The molecule has 0 N–H and O–H groups in total. The Morgan fingerprint density at radius 3 is 2.82 bits per heavy atom. The maximum atomic E-state index is 13.2. The summed E-state index contributed by atoms with van der Waals surface area (Å²) in [5.74, 6) is 1.42. The van der Waals surface area contributed by atoms with E-state index in [2.05, 4.69) is 28.5 Å². The smallest absolute Gasteiger partial charge is 0.170 e. The summed E-state index contributed by atoms with van der Waals surface area (Å²) in [7, 11) is 3.20. The van der Waals surface area contributed by atoms with Crippen LogP contribution in [0.4, 0.5) is 0 Å². The van der Waals surface area contributed by atoms with Crippen LogP contribution in [-0.2, 0) is 13.1 Å². The second-order valence-corrected chi connectivity index (χ2v) is 7.48. The lowest BCUT2D eigenvalue weighted by Crippen LogP contribution is -2.38. The van der Waals surface area contributed by atoms with Gasteiger partial charge in [-0.25, -0.2) is 0 Å². The first-order valence-corrected chi connectivity index (χ1v) is 10.1. The van der Waals surface area contributed by atoms with E-state index in [4.69, 9.17) is 9.47 Å². The molecule has 28 heavy (non-hydrogen) atoms. The number of likely N-dealkylation sites (tertiary alicyclic amines) is 1. The van der Waals surface area contributed by atoms with E-state index in [9.17, 15) is 4.79 Å². The van der Waals surface area contributed by atoms with Gasteiger partial charge in [0.25, 0.3) is 0 Å². The van der Waals surface area contributed by atoms with Gasteiger partial charge in [0.2, 0.25) is 0 Å². The zero-order valence-electron chi connectivity index (χ0n) is 17.4.